The molecule has 1 unspecified atom stereocenters. The number of aromatic nitrogens is 2. The minimum absolute atomic E-state index is 0.255. The highest BCUT2D eigenvalue weighted by molar-refractivity contribution is 5.85. The number of rotatable bonds is 3. The third-order valence-corrected chi connectivity index (χ3v) is 1.70. The number of nitrogens with zero attached hydrogens (tertiary/aromatic N) is 2. The Kier molecular flexibility index (Phi) is 2.85. The summed E-state index contributed by atoms with van der Waals surface area (Å²) in [7, 11) is 0. The standard InChI is InChI=1S/C8H14N4O2/c1-5(6-10-4-14-12-6)11-7(13)8(2,3)9/h4-5H,9H2,1-3H3,(H,11,13). The van der Waals surface area contributed by atoms with Gasteiger partial charge in [0.25, 0.3) is 0 Å². The summed E-state index contributed by atoms with van der Waals surface area (Å²) in [6.45, 7) is 5.02. The molecule has 0 saturated heterocycles. The molecule has 1 heterocycles. The van der Waals surface area contributed by atoms with Crippen LogP contribution in [0.15, 0.2) is 10.9 Å². The Hall–Kier alpha value is -1.43. The Bertz CT molecular complexity index is 302. The van der Waals surface area contributed by atoms with Crippen molar-refractivity contribution < 1.29 is 9.32 Å². The molecule has 0 aliphatic heterocycles. The molecule has 3 N–H and O–H groups in total. The van der Waals surface area contributed by atoms with Crippen LogP contribution in [-0.2, 0) is 4.79 Å². The highest BCUT2D eigenvalue weighted by Gasteiger charge is 2.24. The van der Waals surface area contributed by atoms with Crippen LogP contribution in [0.25, 0.3) is 0 Å². The van der Waals surface area contributed by atoms with E-state index in [2.05, 4.69) is 20.0 Å². The van der Waals surface area contributed by atoms with E-state index in [4.69, 9.17) is 5.73 Å². The highest BCUT2D eigenvalue weighted by atomic mass is 16.5. The van der Waals surface area contributed by atoms with Gasteiger partial charge in [0.15, 0.2) is 5.82 Å². The van der Waals surface area contributed by atoms with Gasteiger partial charge in [-0.25, -0.2) is 0 Å². The molecule has 0 spiro atoms. The van der Waals surface area contributed by atoms with Crippen molar-refractivity contribution in [2.45, 2.75) is 32.4 Å². The SMILES string of the molecule is CC(NC(=O)C(C)(C)N)c1ncon1. The number of nitrogens with two attached hydrogens (primary N) is 1. The van der Waals surface area contributed by atoms with Crippen molar-refractivity contribution in [1.82, 2.24) is 15.5 Å². The second kappa shape index (κ2) is 3.75. The van der Waals surface area contributed by atoms with Crippen molar-refractivity contribution in [2.24, 2.45) is 5.73 Å². The van der Waals surface area contributed by atoms with Crippen molar-refractivity contribution in [3.63, 3.8) is 0 Å². The van der Waals surface area contributed by atoms with Crippen molar-refractivity contribution in [1.29, 1.82) is 0 Å². The Morgan fingerprint density at radius 2 is 2.36 bits per heavy atom. The molecule has 1 atom stereocenters. The molecule has 0 aromatic carbocycles. The molecule has 6 heteroatoms. The van der Waals surface area contributed by atoms with Crippen LogP contribution in [0, 0.1) is 0 Å². The van der Waals surface area contributed by atoms with E-state index in [1.165, 1.54) is 6.39 Å². The van der Waals surface area contributed by atoms with Crippen LogP contribution in [-0.4, -0.2) is 21.6 Å². The predicted molar refractivity (Wildman–Crippen MR) is 49.1 cm³/mol. The maximum atomic E-state index is 11.4. The number of carbonyl (C=O) groups excluding carboxylic acids is 1. The second-order valence-electron chi connectivity index (χ2n) is 3.71. The molecule has 6 nitrogen and oxygen atoms in total. The van der Waals surface area contributed by atoms with Gasteiger partial charge in [0.2, 0.25) is 12.3 Å². The van der Waals surface area contributed by atoms with Crippen LogP contribution in [0.3, 0.4) is 0 Å². The van der Waals surface area contributed by atoms with Crippen LogP contribution in [0.5, 0.6) is 0 Å². The van der Waals surface area contributed by atoms with E-state index in [0.717, 1.165) is 0 Å². The van der Waals surface area contributed by atoms with Crippen molar-refractivity contribution >= 4 is 5.91 Å². The van der Waals surface area contributed by atoms with Crippen molar-refractivity contribution in [2.75, 3.05) is 0 Å². The van der Waals surface area contributed by atoms with Gasteiger partial charge in [-0.3, -0.25) is 4.79 Å². The minimum Gasteiger partial charge on any atom is -0.345 e. The lowest BCUT2D eigenvalue weighted by Gasteiger charge is -2.20. The second-order valence-corrected chi connectivity index (χ2v) is 3.71. The van der Waals surface area contributed by atoms with Gasteiger partial charge >= 0.3 is 0 Å². The number of amides is 1. The smallest absolute Gasteiger partial charge is 0.240 e. The summed E-state index contributed by atoms with van der Waals surface area (Å²) in [5.74, 6) is 0.178. The zero-order chi connectivity index (χ0) is 10.8. The van der Waals surface area contributed by atoms with Gasteiger partial charge in [0.1, 0.15) is 0 Å². The summed E-state index contributed by atoms with van der Waals surface area (Å²) in [5, 5.41) is 6.28. The Labute approximate surface area is 81.9 Å². The molecule has 0 aliphatic carbocycles. The molecule has 14 heavy (non-hydrogen) atoms. The molecule has 1 rings (SSSR count). The summed E-state index contributed by atoms with van der Waals surface area (Å²) in [4.78, 5) is 15.3. The third-order valence-electron chi connectivity index (χ3n) is 1.70. The van der Waals surface area contributed by atoms with E-state index in [0.29, 0.717) is 5.82 Å². The maximum absolute atomic E-state index is 11.4. The Morgan fingerprint density at radius 3 is 2.79 bits per heavy atom. The molecular formula is C8H14N4O2. The van der Waals surface area contributed by atoms with E-state index >= 15 is 0 Å². The highest BCUT2D eigenvalue weighted by Crippen LogP contribution is 2.07. The third kappa shape index (κ3) is 2.53. The topological polar surface area (TPSA) is 94.0 Å². The monoisotopic (exact) mass is 198 g/mol. The van der Waals surface area contributed by atoms with Gasteiger partial charge in [-0.1, -0.05) is 5.16 Å². The molecule has 0 radical (unpaired) electrons. The summed E-state index contributed by atoms with van der Waals surface area (Å²) in [6.07, 6.45) is 1.21. The zero-order valence-electron chi connectivity index (χ0n) is 8.44. The van der Waals surface area contributed by atoms with Crippen molar-refractivity contribution in [3.8, 4) is 0 Å². The zero-order valence-corrected chi connectivity index (χ0v) is 8.44. The maximum Gasteiger partial charge on any atom is 0.240 e. The molecule has 0 aliphatic rings. The first-order valence-corrected chi connectivity index (χ1v) is 4.27. The van der Waals surface area contributed by atoms with Gasteiger partial charge in [-0.05, 0) is 20.8 Å². The molecule has 0 bridgehead atoms. The predicted octanol–water partition coefficient (Wildman–Crippen LogP) is -0.0159. The lowest BCUT2D eigenvalue weighted by atomic mass is 10.1. The normalized spacial score (nSPS) is 13.7. The number of carbonyl (C=O) groups is 1. The molecule has 78 valence electrons. The lowest BCUT2D eigenvalue weighted by molar-refractivity contribution is -0.125. The van der Waals surface area contributed by atoms with Gasteiger partial charge in [0, 0.05) is 0 Å². The molecule has 1 amide bonds. The summed E-state index contributed by atoms with van der Waals surface area (Å²) < 4.78 is 4.56. The fourth-order valence-corrected chi connectivity index (χ4v) is 0.817. The van der Waals surface area contributed by atoms with E-state index in [-0.39, 0.29) is 11.9 Å². The summed E-state index contributed by atoms with van der Waals surface area (Å²) >= 11 is 0. The minimum atomic E-state index is -0.905. The van der Waals surface area contributed by atoms with E-state index < -0.39 is 5.54 Å². The summed E-state index contributed by atoms with van der Waals surface area (Å²) in [6, 6.07) is -0.302. The first-order valence-electron chi connectivity index (χ1n) is 4.27. The molecular weight excluding hydrogens is 184 g/mol. The first-order chi connectivity index (χ1) is 6.41. The van der Waals surface area contributed by atoms with Gasteiger partial charge in [0.05, 0.1) is 11.6 Å². The fraction of sp³-hybridized carbons (Fsp3) is 0.625. The fourth-order valence-electron chi connectivity index (χ4n) is 0.817. The van der Waals surface area contributed by atoms with Crippen LogP contribution >= 0.6 is 0 Å². The van der Waals surface area contributed by atoms with Gasteiger partial charge < -0.3 is 15.6 Å². The number of hydrogen-bond donors (Lipinski definition) is 2. The van der Waals surface area contributed by atoms with Crippen LogP contribution in [0.1, 0.15) is 32.6 Å². The van der Waals surface area contributed by atoms with E-state index in [1.807, 2.05) is 0 Å². The quantitative estimate of drug-likeness (QED) is 0.712. The lowest BCUT2D eigenvalue weighted by Crippen LogP contribution is -2.49. The Morgan fingerprint density at radius 1 is 1.71 bits per heavy atom. The van der Waals surface area contributed by atoms with Crippen LogP contribution in [0.2, 0.25) is 0 Å². The average molecular weight is 198 g/mol. The van der Waals surface area contributed by atoms with E-state index in [1.54, 1.807) is 20.8 Å². The van der Waals surface area contributed by atoms with Crippen LogP contribution in [0.4, 0.5) is 0 Å². The molecule has 1 aromatic rings. The van der Waals surface area contributed by atoms with Gasteiger partial charge in [-0.2, -0.15) is 4.98 Å². The van der Waals surface area contributed by atoms with Crippen molar-refractivity contribution in [3.05, 3.63) is 12.2 Å². The van der Waals surface area contributed by atoms with E-state index in [9.17, 15) is 4.79 Å². The molecule has 1 aromatic heterocycles. The molecule has 0 fully saturated rings. The average Bonchev–Trinajstić information content (AvgIpc) is 2.53. The molecule has 0 saturated carbocycles. The Balaban J connectivity index is 2.58. The number of hydrogen-bond acceptors (Lipinski definition) is 5. The summed E-state index contributed by atoms with van der Waals surface area (Å²) in [5.41, 5.74) is 4.70. The van der Waals surface area contributed by atoms with Crippen LogP contribution < -0.4 is 11.1 Å². The number of nitrogens with one attached hydrogen (secondary N) is 1. The van der Waals surface area contributed by atoms with Gasteiger partial charge in [-0.15, -0.1) is 0 Å². The first kappa shape index (κ1) is 10.6. The largest absolute Gasteiger partial charge is 0.345 e.